The summed E-state index contributed by atoms with van der Waals surface area (Å²) in [7, 11) is 1.70. The van der Waals surface area contributed by atoms with Gasteiger partial charge in [0.15, 0.2) is 0 Å². The Morgan fingerprint density at radius 1 is 1.14 bits per heavy atom. The molecule has 0 saturated carbocycles. The molecule has 2 heterocycles. The number of carbonyl (C=O) groups is 1. The van der Waals surface area contributed by atoms with Gasteiger partial charge in [-0.05, 0) is 43.3 Å². The third-order valence-corrected chi connectivity index (χ3v) is 5.15. The van der Waals surface area contributed by atoms with E-state index in [-0.39, 0.29) is 11.8 Å². The van der Waals surface area contributed by atoms with Crippen molar-refractivity contribution < 1.29 is 14.3 Å². The van der Waals surface area contributed by atoms with Crippen LogP contribution in [0.5, 0.6) is 5.75 Å². The van der Waals surface area contributed by atoms with Crippen molar-refractivity contribution in [3.05, 3.63) is 54.4 Å². The molecule has 3 aromatic rings. The van der Waals surface area contributed by atoms with E-state index in [2.05, 4.69) is 10.6 Å². The van der Waals surface area contributed by atoms with E-state index in [0.29, 0.717) is 26.2 Å². The molecule has 1 fully saturated rings. The molecule has 4 rings (SSSR count). The first kappa shape index (κ1) is 18.5. The minimum Gasteiger partial charge on any atom is -0.494 e. The highest BCUT2D eigenvalue weighted by atomic mass is 16.5. The lowest BCUT2D eigenvalue weighted by Gasteiger charge is -2.18. The average molecular weight is 379 g/mol. The molecule has 0 spiro atoms. The van der Waals surface area contributed by atoms with E-state index in [1.54, 1.807) is 7.11 Å². The van der Waals surface area contributed by atoms with Gasteiger partial charge in [0.25, 0.3) is 0 Å². The molecule has 0 N–H and O–H groups in total. The largest absolute Gasteiger partial charge is 0.494 e. The van der Waals surface area contributed by atoms with Gasteiger partial charge >= 0.3 is 0 Å². The molecule has 2 aromatic carbocycles. The average Bonchev–Trinajstić information content (AvgIpc) is 3.28. The Morgan fingerprint density at radius 3 is 2.68 bits per heavy atom. The Labute approximate surface area is 164 Å². The number of ether oxygens (including phenoxy) is 2. The number of para-hydroxylation sites is 2. The number of anilines is 1. The van der Waals surface area contributed by atoms with Gasteiger partial charge in [0.1, 0.15) is 11.6 Å². The maximum atomic E-state index is 12.7. The Hall–Kier alpha value is -2.86. The third kappa shape index (κ3) is 3.47. The lowest BCUT2D eigenvalue weighted by molar-refractivity contribution is -0.117. The highest BCUT2D eigenvalue weighted by Gasteiger charge is 2.34. The van der Waals surface area contributed by atoms with Crippen molar-refractivity contribution in [1.82, 2.24) is 9.55 Å². The van der Waals surface area contributed by atoms with Crippen LogP contribution in [0.1, 0.15) is 25.1 Å². The fourth-order valence-corrected chi connectivity index (χ4v) is 3.84. The number of benzene rings is 2. The quantitative estimate of drug-likeness (QED) is 0.629. The zero-order valence-electron chi connectivity index (χ0n) is 16.3. The zero-order valence-corrected chi connectivity index (χ0v) is 16.3. The van der Waals surface area contributed by atoms with Crippen molar-refractivity contribution in [1.29, 1.82) is 0 Å². The molecule has 1 saturated heterocycles. The summed E-state index contributed by atoms with van der Waals surface area (Å²) < 4.78 is 13.0. The summed E-state index contributed by atoms with van der Waals surface area (Å²) in [6.45, 7) is 4.54. The first-order valence-corrected chi connectivity index (χ1v) is 9.68. The third-order valence-electron chi connectivity index (χ3n) is 5.15. The Kier molecular flexibility index (Phi) is 5.30. The molecule has 0 radical (unpaired) electrons. The number of fused-ring (bicyclic) bond motifs is 1. The maximum Gasteiger partial charge on any atom is 0.227 e. The molecule has 1 aliphatic heterocycles. The summed E-state index contributed by atoms with van der Waals surface area (Å²) in [6.07, 6.45) is 0.462. The van der Waals surface area contributed by atoms with E-state index in [1.807, 2.05) is 54.3 Å². The second kappa shape index (κ2) is 8.02. The smallest absolute Gasteiger partial charge is 0.227 e. The van der Waals surface area contributed by atoms with Crippen LogP contribution in [0.4, 0.5) is 5.69 Å². The second-order valence-corrected chi connectivity index (χ2v) is 6.94. The van der Waals surface area contributed by atoms with Crippen LogP contribution >= 0.6 is 0 Å². The molecule has 6 nitrogen and oxygen atoms in total. The summed E-state index contributed by atoms with van der Waals surface area (Å²) in [5.74, 6) is 1.96. The van der Waals surface area contributed by atoms with Gasteiger partial charge in [0.05, 0.1) is 24.2 Å². The minimum absolute atomic E-state index is 0.0586. The number of imidazole rings is 1. The van der Waals surface area contributed by atoms with E-state index in [4.69, 9.17) is 14.5 Å². The number of amides is 1. The van der Waals surface area contributed by atoms with Crippen molar-refractivity contribution in [2.75, 3.05) is 31.8 Å². The first-order valence-electron chi connectivity index (χ1n) is 9.68. The van der Waals surface area contributed by atoms with Crippen molar-refractivity contribution in [3.63, 3.8) is 0 Å². The number of hydrogen-bond acceptors (Lipinski definition) is 4. The lowest BCUT2D eigenvalue weighted by Crippen LogP contribution is -2.24. The minimum atomic E-state index is 0.0586. The van der Waals surface area contributed by atoms with Gasteiger partial charge in [0, 0.05) is 38.2 Å². The van der Waals surface area contributed by atoms with Crippen LogP contribution in [-0.4, -0.2) is 42.3 Å². The molecular formula is C22H25N3O3. The molecule has 0 aliphatic carbocycles. The van der Waals surface area contributed by atoms with Crippen LogP contribution < -0.4 is 9.64 Å². The van der Waals surface area contributed by atoms with Gasteiger partial charge in [-0.3, -0.25) is 4.79 Å². The topological polar surface area (TPSA) is 56.6 Å². The van der Waals surface area contributed by atoms with Gasteiger partial charge in [-0.15, -0.1) is 0 Å². The fourth-order valence-electron chi connectivity index (χ4n) is 3.84. The normalized spacial score (nSPS) is 16.9. The van der Waals surface area contributed by atoms with Crippen LogP contribution in [0.15, 0.2) is 48.5 Å². The first-order chi connectivity index (χ1) is 13.7. The summed E-state index contributed by atoms with van der Waals surface area (Å²) in [5, 5.41) is 0. The highest BCUT2D eigenvalue weighted by Crippen LogP contribution is 2.33. The van der Waals surface area contributed by atoms with Crippen LogP contribution in [0.3, 0.4) is 0 Å². The summed E-state index contributed by atoms with van der Waals surface area (Å²) in [6, 6.07) is 15.8. The van der Waals surface area contributed by atoms with E-state index in [9.17, 15) is 4.79 Å². The number of rotatable bonds is 7. The number of aromatic nitrogens is 2. The van der Waals surface area contributed by atoms with E-state index >= 15 is 0 Å². The van der Waals surface area contributed by atoms with Gasteiger partial charge in [-0.25, -0.2) is 4.98 Å². The predicted molar refractivity (Wildman–Crippen MR) is 109 cm³/mol. The highest BCUT2D eigenvalue weighted by molar-refractivity contribution is 5.96. The monoisotopic (exact) mass is 379 g/mol. The number of methoxy groups -OCH3 is 1. The molecule has 1 aliphatic rings. The lowest BCUT2D eigenvalue weighted by atomic mass is 10.1. The van der Waals surface area contributed by atoms with Crippen LogP contribution in [0.2, 0.25) is 0 Å². The Bertz CT molecular complexity index is 965. The summed E-state index contributed by atoms with van der Waals surface area (Å²) in [5.41, 5.74) is 2.94. The van der Waals surface area contributed by atoms with Gasteiger partial charge in [-0.2, -0.15) is 0 Å². The molecule has 6 heteroatoms. The van der Waals surface area contributed by atoms with Gasteiger partial charge < -0.3 is 18.9 Å². The number of nitrogens with zero attached hydrogens (tertiary/aromatic N) is 3. The van der Waals surface area contributed by atoms with Gasteiger partial charge in [0.2, 0.25) is 5.91 Å². The molecule has 1 atom stereocenters. The maximum absolute atomic E-state index is 12.7. The van der Waals surface area contributed by atoms with E-state index in [1.165, 1.54) is 0 Å². The number of carbonyl (C=O) groups excluding carboxylic acids is 1. The van der Waals surface area contributed by atoms with Gasteiger partial charge in [-0.1, -0.05) is 12.1 Å². The van der Waals surface area contributed by atoms with Crippen LogP contribution in [0.25, 0.3) is 11.0 Å². The second-order valence-electron chi connectivity index (χ2n) is 6.94. The fraction of sp³-hybridized carbons (Fsp3) is 0.364. The molecule has 0 unspecified atom stereocenters. The van der Waals surface area contributed by atoms with Crippen LogP contribution in [-0.2, 0) is 16.1 Å². The molecular weight excluding hydrogens is 354 g/mol. The molecule has 28 heavy (non-hydrogen) atoms. The summed E-state index contributed by atoms with van der Waals surface area (Å²) >= 11 is 0. The number of hydrogen-bond donors (Lipinski definition) is 0. The van der Waals surface area contributed by atoms with Crippen molar-refractivity contribution in [3.8, 4) is 5.75 Å². The van der Waals surface area contributed by atoms with Crippen molar-refractivity contribution in [2.45, 2.75) is 25.8 Å². The van der Waals surface area contributed by atoms with Crippen molar-refractivity contribution in [2.24, 2.45) is 0 Å². The molecule has 0 bridgehead atoms. The summed E-state index contributed by atoms with van der Waals surface area (Å²) in [4.78, 5) is 19.4. The Balaban J connectivity index is 1.61. The standard InChI is InChI=1S/C22H25N3O3/c1-3-28-18-10-8-17(9-11-18)25-15-16(14-21(25)26)22-23-19-6-4-5-7-20(19)24(22)12-13-27-2/h4-11,16H,3,12-15H2,1-2H3/t16-/m1/s1. The SMILES string of the molecule is CCOc1ccc(N2C[C@H](c3nc4ccccc4n3CCOC)CC2=O)cc1. The van der Waals surface area contributed by atoms with Crippen LogP contribution in [0, 0.1) is 0 Å². The predicted octanol–water partition coefficient (Wildman–Crippen LogP) is 3.60. The molecule has 1 aromatic heterocycles. The molecule has 146 valence electrons. The van der Waals surface area contributed by atoms with E-state index in [0.717, 1.165) is 34.8 Å². The van der Waals surface area contributed by atoms with Crippen molar-refractivity contribution >= 4 is 22.6 Å². The zero-order chi connectivity index (χ0) is 19.5. The molecule has 1 amide bonds. The van der Waals surface area contributed by atoms with E-state index < -0.39 is 0 Å². The Morgan fingerprint density at radius 2 is 1.93 bits per heavy atom.